The van der Waals surface area contributed by atoms with Gasteiger partial charge in [0.15, 0.2) is 0 Å². The molecule has 18 heavy (non-hydrogen) atoms. The first kappa shape index (κ1) is 13.0. The van der Waals surface area contributed by atoms with Gasteiger partial charge in [0.2, 0.25) is 0 Å². The molecule has 0 bridgehead atoms. The molecule has 1 aliphatic heterocycles. The van der Waals surface area contributed by atoms with Crippen LogP contribution in [0.15, 0.2) is 18.2 Å². The summed E-state index contributed by atoms with van der Waals surface area (Å²) in [7, 11) is 1.35. The summed E-state index contributed by atoms with van der Waals surface area (Å²) in [6.07, 6.45) is 0.669. The summed E-state index contributed by atoms with van der Waals surface area (Å²) in [6.45, 7) is 1.32. The molecule has 0 radical (unpaired) electrons. The number of esters is 1. The van der Waals surface area contributed by atoms with Crippen LogP contribution < -0.4 is 0 Å². The summed E-state index contributed by atoms with van der Waals surface area (Å²) in [5, 5.41) is 0. The summed E-state index contributed by atoms with van der Waals surface area (Å²) >= 11 is 0. The number of carbonyl (C=O) groups excluding carboxylic acids is 1. The lowest BCUT2D eigenvalue weighted by atomic mass is 10.1. The zero-order valence-electron chi connectivity index (χ0n) is 10.2. The van der Waals surface area contributed by atoms with Gasteiger partial charge in [0.1, 0.15) is 11.6 Å². The molecular weight excluding hydrogens is 240 g/mol. The molecule has 0 aliphatic carbocycles. The summed E-state index contributed by atoms with van der Waals surface area (Å²) in [6, 6.07) is 3.83. The third-order valence-corrected chi connectivity index (χ3v) is 3.25. The summed E-state index contributed by atoms with van der Waals surface area (Å²) in [5.41, 5.74) is 0.0583. The SMILES string of the molecule is COC(=O)C1CCN(Cc2c(F)cccc2F)C1. The minimum atomic E-state index is -0.545. The van der Waals surface area contributed by atoms with Gasteiger partial charge in [0.25, 0.3) is 0 Å². The van der Waals surface area contributed by atoms with Crippen molar-refractivity contribution in [2.45, 2.75) is 13.0 Å². The molecule has 1 saturated heterocycles. The number of rotatable bonds is 3. The maximum Gasteiger partial charge on any atom is 0.310 e. The molecule has 2 rings (SSSR count). The summed E-state index contributed by atoms with van der Waals surface area (Å²) in [4.78, 5) is 13.2. The monoisotopic (exact) mass is 255 g/mol. The molecule has 1 aromatic rings. The van der Waals surface area contributed by atoms with E-state index in [2.05, 4.69) is 4.74 Å². The van der Waals surface area contributed by atoms with E-state index in [1.165, 1.54) is 25.3 Å². The molecule has 0 aromatic heterocycles. The second-order valence-corrected chi connectivity index (χ2v) is 4.44. The highest BCUT2D eigenvalue weighted by molar-refractivity contribution is 5.72. The standard InChI is InChI=1S/C13H15F2NO2/c1-18-13(17)9-5-6-16(7-9)8-10-11(14)3-2-4-12(10)15/h2-4,9H,5-8H2,1H3. The number of likely N-dealkylation sites (tertiary alicyclic amines) is 1. The molecule has 1 atom stereocenters. The van der Waals surface area contributed by atoms with Crippen LogP contribution in [-0.4, -0.2) is 31.1 Å². The largest absolute Gasteiger partial charge is 0.469 e. The molecule has 3 nitrogen and oxygen atoms in total. The fourth-order valence-corrected chi connectivity index (χ4v) is 2.24. The minimum Gasteiger partial charge on any atom is -0.469 e. The van der Waals surface area contributed by atoms with Gasteiger partial charge in [-0.3, -0.25) is 9.69 Å². The predicted octanol–water partition coefficient (Wildman–Crippen LogP) is 1.96. The number of benzene rings is 1. The van der Waals surface area contributed by atoms with E-state index in [0.717, 1.165) is 0 Å². The van der Waals surface area contributed by atoms with E-state index in [0.29, 0.717) is 19.5 Å². The highest BCUT2D eigenvalue weighted by Crippen LogP contribution is 2.22. The molecule has 1 aliphatic rings. The first-order valence-corrected chi connectivity index (χ1v) is 5.85. The van der Waals surface area contributed by atoms with E-state index >= 15 is 0 Å². The van der Waals surface area contributed by atoms with E-state index in [9.17, 15) is 13.6 Å². The Labute approximate surface area is 104 Å². The second-order valence-electron chi connectivity index (χ2n) is 4.44. The number of ether oxygens (including phenoxy) is 1. The maximum atomic E-state index is 13.5. The highest BCUT2D eigenvalue weighted by atomic mass is 19.1. The smallest absolute Gasteiger partial charge is 0.310 e. The number of nitrogens with zero attached hydrogens (tertiary/aromatic N) is 1. The van der Waals surface area contributed by atoms with Crippen molar-refractivity contribution in [3.05, 3.63) is 35.4 Å². The molecule has 0 N–H and O–H groups in total. The van der Waals surface area contributed by atoms with Gasteiger partial charge >= 0.3 is 5.97 Å². The Hall–Kier alpha value is -1.49. The number of halogens is 2. The number of hydrogen-bond acceptors (Lipinski definition) is 3. The first-order valence-electron chi connectivity index (χ1n) is 5.85. The van der Waals surface area contributed by atoms with Crippen molar-refractivity contribution < 1.29 is 18.3 Å². The Morgan fingerprint density at radius 3 is 2.72 bits per heavy atom. The number of carbonyl (C=O) groups is 1. The molecule has 1 heterocycles. The first-order chi connectivity index (χ1) is 8.61. The van der Waals surface area contributed by atoms with Crippen LogP contribution >= 0.6 is 0 Å². The maximum absolute atomic E-state index is 13.5. The molecule has 1 fully saturated rings. The quantitative estimate of drug-likeness (QED) is 0.773. The van der Waals surface area contributed by atoms with Crippen LogP contribution in [0.2, 0.25) is 0 Å². The lowest BCUT2D eigenvalue weighted by molar-refractivity contribution is -0.144. The Morgan fingerprint density at radius 2 is 2.11 bits per heavy atom. The summed E-state index contributed by atoms with van der Waals surface area (Å²) in [5.74, 6) is -1.54. The zero-order valence-corrected chi connectivity index (χ0v) is 10.2. The van der Waals surface area contributed by atoms with Crippen molar-refractivity contribution in [1.82, 2.24) is 4.90 Å². The van der Waals surface area contributed by atoms with Crippen LogP contribution in [0.4, 0.5) is 8.78 Å². The van der Waals surface area contributed by atoms with E-state index in [1.807, 2.05) is 4.90 Å². The Bertz CT molecular complexity index is 430. The molecule has 0 spiro atoms. The average Bonchev–Trinajstić information content (AvgIpc) is 2.81. The van der Waals surface area contributed by atoms with Gasteiger partial charge in [-0.2, -0.15) is 0 Å². The van der Waals surface area contributed by atoms with Crippen molar-refractivity contribution in [3.8, 4) is 0 Å². The van der Waals surface area contributed by atoms with Gasteiger partial charge in [-0.1, -0.05) is 6.07 Å². The topological polar surface area (TPSA) is 29.5 Å². The van der Waals surface area contributed by atoms with Gasteiger partial charge in [-0.25, -0.2) is 8.78 Å². The minimum absolute atomic E-state index is 0.0583. The molecule has 0 saturated carbocycles. The number of hydrogen-bond donors (Lipinski definition) is 0. The van der Waals surface area contributed by atoms with Crippen molar-refractivity contribution in [1.29, 1.82) is 0 Å². The average molecular weight is 255 g/mol. The lowest BCUT2D eigenvalue weighted by Crippen LogP contribution is -2.24. The predicted molar refractivity (Wildman–Crippen MR) is 61.8 cm³/mol. The molecule has 1 unspecified atom stereocenters. The second kappa shape index (κ2) is 5.44. The van der Waals surface area contributed by atoms with Crippen molar-refractivity contribution in [3.63, 3.8) is 0 Å². The van der Waals surface area contributed by atoms with Crippen LogP contribution in [0.25, 0.3) is 0 Å². The Balaban J connectivity index is 2.02. The van der Waals surface area contributed by atoms with Crippen LogP contribution in [-0.2, 0) is 16.1 Å². The summed E-state index contributed by atoms with van der Waals surface area (Å²) < 4.78 is 31.6. The van der Waals surface area contributed by atoms with Crippen LogP contribution in [0.5, 0.6) is 0 Å². The zero-order chi connectivity index (χ0) is 13.1. The lowest BCUT2D eigenvalue weighted by Gasteiger charge is -2.16. The van der Waals surface area contributed by atoms with Gasteiger partial charge in [0.05, 0.1) is 13.0 Å². The third-order valence-electron chi connectivity index (χ3n) is 3.25. The molecule has 0 amide bonds. The van der Waals surface area contributed by atoms with E-state index in [4.69, 9.17) is 0 Å². The third kappa shape index (κ3) is 2.67. The fraction of sp³-hybridized carbons (Fsp3) is 0.462. The van der Waals surface area contributed by atoms with Crippen molar-refractivity contribution in [2.75, 3.05) is 20.2 Å². The van der Waals surface area contributed by atoms with Gasteiger partial charge in [0, 0.05) is 18.7 Å². The van der Waals surface area contributed by atoms with Crippen molar-refractivity contribution in [2.24, 2.45) is 5.92 Å². The Morgan fingerprint density at radius 1 is 1.44 bits per heavy atom. The highest BCUT2D eigenvalue weighted by Gasteiger charge is 2.29. The normalized spacial score (nSPS) is 20.1. The van der Waals surface area contributed by atoms with Crippen LogP contribution in [0, 0.1) is 17.6 Å². The molecule has 1 aromatic carbocycles. The van der Waals surface area contributed by atoms with Gasteiger partial charge in [-0.15, -0.1) is 0 Å². The van der Waals surface area contributed by atoms with Crippen LogP contribution in [0.1, 0.15) is 12.0 Å². The molecular formula is C13H15F2NO2. The van der Waals surface area contributed by atoms with E-state index in [-0.39, 0.29) is 24.0 Å². The molecule has 98 valence electrons. The van der Waals surface area contributed by atoms with Crippen molar-refractivity contribution >= 4 is 5.97 Å². The van der Waals surface area contributed by atoms with E-state index in [1.54, 1.807) is 0 Å². The fourth-order valence-electron chi connectivity index (χ4n) is 2.24. The van der Waals surface area contributed by atoms with E-state index < -0.39 is 11.6 Å². The van der Waals surface area contributed by atoms with Gasteiger partial charge < -0.3 is 4.74 Å². The number of methoxy groups -OCH3 is 1. The van der Waals surface area contributed by atoms with Crippen LogP contribution in [0.3, 0.4) is 0 Å². The molecule has 5 heteroatoms. The van der Waals surface area contributed by atoms with Gasteiger partial charge in [-0.05, 0) is 25.1 Å². The Kier molecular flexibility index (Phi) is 3.91.